The molecule has 3 rings (SSSR count). The van der Waals surface area contributed by atoms with Gasteiger partial charge in [0.1, 0.15) is 11.8 Å². The number of benzene rings is 1. The van der Waals surface area contributed by atoms with Crippen LogP contribution in [0.2, 0.25) is 5.02 Å². The first-order valence-electron chi connectivity index (χ1n) is 8.59. The van der Waals surface area contributed by atoms with E-state index in [2.05, 4.69) is 15.5 Å². The molecule has 0 spiro atoms. The molecule has 1 aromatic carbocycles. The third-order valence-electron chi connectivity index (χ3n) is 4.14. The van der Waals surface area contributed by atoms with Crippen molar-refractivity contribution in [3.63, 3.8) is 0 Å². The Balaban J connectivity index is 1.74. The summed E-state index contributed by atoms with van der Waals surface area (Å²) in [6.07, 6.45) is 1.62. The molecule has 0 aliphatic rings. The van der Waals surface area contributed by atoms with Crippen LogP contribution in [0.5, 0.6) is 0 Å². The van der Waals surface area contributed by atoms with Gasteiger partial charge in [0, 0.05) is 12.2 Å². The van der Waals surface area contributed by atoms with Gasteiger partial charge in [-0.1, -0.05) is 23.4 Å². The zero-order valence-corrected chi connectivity index (χ0v) is 17.1. The smallest absolute Gasteiger partial charge is 0.237 e. The Hall–Kier alpha value is -2.76. The summed E-state index contributed by atoms with van der Waals surface area (Å²) in [5, 5.41) is 20.8. The van der Waals surface area contributed by atoms with E-state index in [0.717, 1.165) is 11.3 Å². The molecule has 0 radical (unpaired) electrons. The van der Waals surface area contributed by atoms with Crippen molar-refractivity contribution in [2.75, 3.05) is 5.32 Å². The van der Waals surface area contributed by atoms with Gasteiger partial charge < -0.3 is 14.3 Å². The number of amides is 1. The highest BCUT2D eigenvalue weighted by molar-refractivity contribution is 8.00. The zero-order valence-electron chi connectivity index (χ0n) is 15.6. The van der Waals surface area contributed by atoms with Gasteiger partial charge in [-0.15, -0.1) is 10.2 Å². The lowest BCUT2D eigenvalue weighted by atomic mass is 10.2. The summed E-state index contributed by atoms with van der Waals surface area (Å²) in [5.41, 5.74) is 1.78. The second kappa shape index (κ2) is 8.50. The molecule has 0 aliphatic heterocycles. The number of furan rings is 1. The summed E-state index contributed by atoms with van der Waals surface area (Å²) in [6.45, 7) is 6.32. The van der Waals surface area contributed by atoms with E-state index in [0.29, 0.717) is 33.8 Å². The maximum Gasteiger partial charge on any atom is 0.237 e. The highest BCUT2D eigenvalue weighted by Crippen LogP contribution is 2.29. The topological polar surface area (TPSA) is 96.7 Å². The zero-order chi connectivity index (χ0) is 20.3. The maximum atomic E-state index is 12.6. The number of nitrogens with one attached hydrogen (secondary N) is 1. The molecule has 3 aromatic rings. The number of nitrogens with zero attached hydrogens (tertiary/aromatic N) is 4. The fourth-order valence-electron chi connectivity index (χ4n) is 2.62. The minimum Gasteiger partial charge on any atom is -0.469 e. The summed E-state index contributed by atoms with van der Waals surface area (Å²) in [5.74, 6) is 1.28. The highest BCUT2D eigenvalue weighted by Gasteiger charge is 2.21. The Morgan fingerprint density at radius 2 is 2.21 bits per heavy atom. The van der Waals surface area contributed by atoms with Crippen LogP contribution in [0.3, 0.4) is 0 Å². The van der Waals surface area contributed by atoms with E-state index in [-0.39, 0.29) is 5.91 Å². The van der Waals surface area contributed by atoms with Gasteiger partial charge in [-0.05, 0) is 45.0 Å². The number of anilines is 1. The summed E-state index contributed by atoms with van der Waals surface area (Å²) in [6, 6.07) is 8.62. The highest BCUT2D eigenvalue weighted by atomic mass is 35.5. The third-order valence-corrected chi connectivity index (χ3v) is 5.53. The molecule has 2 heterocycles. The molecule has 7 nitrogen and oxygen atoms in total. The van der Waals surface area contributed by atoms with E-state index in [4.69, 9.17) is 21.3 Å². The van der Waals surface area contributed by atoms with Gasteiger partial charge in [0.15, 0.2) is 11.0 Å². The molecule has 1 atom stereocenters. The summed E-state index contributed by atoms with van der Waals surface area (Å²) >= 11 is 7.34. The molecule has 2 aromatic heterocycles. The molecule has 0 fully saturated rings. The van der Waals surface area contributed by atoms with Crippen LogP contribution < -0.4 is 5.32 Å². The van der Waals surface area contributed by atoms with E-state index in [1.54, 1.807) is 31.4 Å². The Morgan fingerprint density at radius 3 is 2.82 bits per heavy atom. The number of aromatic nitrogens is 3. The predicted molar refractivity (Wildman–Crippen MR) is 108 cm³/mol. The van der Waals surface area contributed by atoms with Gasteiger partial charge in [-0.3, -0.25) is 4.79 Å². The standard InChI is InChI=1S/C19H18ClN5O2S/c1-4-25-17(15-7-8-27-11(15)2)23-24-19(25)28-12(3)18(26)22-14-6-5-13(10-21)16(20)9-14/h5-9,12H,4H2,1-3H3,(H,22,26)/t12-/m1/s1. The molecule has 0 unspecified atom stereocenters. The van der Waals surface area contributed by atoms with Crippen molar-refractivity contribution in [3.8, 4) is 17.5 Å². The third kappa shape index (κ3) is 4.06. The Labute approximate surface area is 171 Å². The Morgan fingerprint density at radius 1 is 1.43 bits per heavy atom. The SMILES string of the molecule is CCn1c(S[C@H](C)C(=O)Nc2ccc(C#N)c(Cl)c2)nnc1-c1ccoc1C. The number of carbonyl (C=O) groups is 1. The van der Waals surface area contributed by atoms with Crippen LogP contribution in [0.4, 0.5) is 5.69 Å². The van der Waals surface area contributed by atoms with Crippen LogP contribution in [0.25, 0.3) is 11.4 Å². The average Bonchev–Trinajstić information content (AvgIpc) is 3.27. The lowest BCUT2D eigenvalue weighted by molar-refractivity contribution is -0.115. The van der Waals surface area contributed by atoms with E-state index in [9.17, 15) is 4.79 Å². The fourth-order valence-corrected chi connectivity index (χ4v) is 3.75. The lowest BCUT2D eigenvalue weighted by Crippen LogP contribution is -2.23. The Bertz CT molecular complexity index is 1050. The van der Waals surface area contributed by atoms with Crippen LogP contribution in [0.1, 0.15) is 25.2 Å². The maximum absolute atomic E-state index is 12.6. The quantitative estimate of drug-likeness (QED) is 0.595. The van der Waals surface area contributed by atoms with Gasteiger partial charge in [0.2, 0.25) is 5.91 Å². The number of rotatable bonds is 6. The van der Waals surface area contributed by atoms with E-state index >= 15 is 0 Å². The molecule has 28 heavy (non-hydrogen) atoms. The summed E-state index contributed by atoms with van der Waals surface area (Å²) in [7, 11) is 0. The van der Waals surface area contributed by atoms with Crippen LogP contribution >= 0.6 is 23.4 Å². The van der Waals surface area contributed by atoms with Crippen LogP contribution in [0.15, 0.2) is 40.1 Å². The number of nitriles is 1. The van der Waals surface area contributed by atoms with Gasteiger partial charge >= 0.3 is 0 Å². The molecule has 1 amide bonds. The van der Waals surface area contributed by atoms with Gasteiger partial charge in [-0.2, -0.15) is 5.26 Å². The van der Waals surface area contributed by atoms with Crippen LogP contribution in [0, 0.1) is 18.3 Å². The molecular formula is C19H18ClN5O2S. The molecule has 0 aliphatic carbocycles. The Kier molecular flexibility index (Phi) is 6.07. The lowest BCUT2D eigenvalue weighted by Gasteiger charge is -2.13. The fraction of sp³-hybridized carbons (Fsp3) is 0.263. The predicted octanol–water partition coefficient (Wildman–Crippen LogP) is 4.51. The monoisotopic (exact) mass is 415 g/mol. The van der Waals surface area contributed by atoms with Crippen molar-refractivity contribution in [2.24, 2.45) is 0 Å². The number of hydrogen-bond acceptors (Lipinski definition) is 6. The molecule has 0 saturated heterocycles. The molecule has 0 bridgehead atoms. The molecule has 9 heteroatoms. The minimum absolute atomic E-state index is 0.197. The van der Waals surface area contributed by atoms with E-state index in [1.165, 1.54) is 11.8 Å². The minimum atomic E-state index is -0.415. The number of aryl methyl sites for hydroxylation is 1. The summed E-state index contributed by atoms with van der Waals surface area (Å²) < 4.78 is 7.31. The van der Waals surface area contributed by atoms with Crippen molar-refractivity contribution >= 4 is 35.0 Å². The van der Waals surface area contributed by atoms with Crippen molar-refractivity contribution in [2.45, 2.75) is 37.7 Å². The molecule has 1 N–H and O–H groups in total. The number of carbonyl (C=O) groups excluding carboxylic acids is 1. The first-order valence-corrected chi connectivity index (χ1v) is 9.85. The van der Waals surface area contributed by atoms with Gasteiger partial charge in [0.25, 0.3) is 0 Å². The van der Waals surface area contributed by atoms with E-state index in [1.807, 2.05) is 30.6 Å². The molecular weight excluding hydrogens is 398 g/mol. The van der Waals surface area contributed by atoms with Crippen molar-refractivity contribution < 1.29 is 9.21 Å². The normalized spacial score (nSPS) is 11.8. The first-order chi connectivity index (χ1) is 13.4. The van der Waals surface area contributed by atoms with Gasteiger partial charge in [0.05, 0.1) is 27.7 Å². The second-order valence-electron chi connectivity index (χ2n) is 6.00. The first kappa shape index (κ1) is 20.0. The van der Waals surface area contributed by atoms with Crippen LogP contribution in [-0.2, 0) is 11.3 Å². The largest absolute Gasteiger partial charge is 0.469 e. The van der Waals surface area contributed by atoms with E-state index < -0.39 is 5.25 Å². The van der Waals surface area contributed by atoms with Crippen molar-refractivity contribution in [1.82, 2.24) is 14.8 Å². The van der Waals surface area contributed by atoms with Crippen LogP contribution in [-0.4, -0.2) is 25.9 Å². The average molecular weight is 416 g/mol. The number of halogens is 1. The molecule has 0 saturated carbocycles. The van der Waals surface area contributed by atoms with Crippen molar-refractivity contribution in [1.29, 1.82) is 5.26 Å². The number of thioether (sulfide) groups is 1. The second-order valence-corrected chi connectivity index (χ2v) is 7.71. The number of hydrogen-bond donors (Lipinski definition) is 1. The summed E-state index contributed by atoms with van der Waals surface area (Å²) in [4.78, 5) is 12.6. The van der Waals surface area contributed by atoms with Gasteiger partial charge in [-0.25, -0.2) is 0 Å². The molecule has 144 valence electrons. The van der Waals surface area contributed by atoms with Crippen molar-refractivity contribution in [3.05, 3.63) is 46.9 Å².